The number of benzene rings is 1. The first kappa shape index (κ1) is 10.3. The van der Waals surface area contributed by atoms with Crippen LogP contribution in [0.2, 0.25) is 0 Å². The molecule has 0 bridgehead atoms. The molecule has 5 nitrogen and oxygen atoms in total. The van der Waals surface area contributed by atoms with Crippen molar-refractivity contribution in [3.63, 3.8) is 0 Å². The number of ether oxygens (including phenoxy) is 1. The smallest absolute Gasteiger partial charge is 0.164 e. The van der Waals surface area contributed by atoms with Gasteiger partial charge in [-0.05, 0) is 11.6 Å². The molecule has 2 N–H and O–H groups in total. The van der Waals surface area contributed by atoms with E-state index in [2.05, 4.69) is 16.1 Å². The summed E-state index contributed by atoms with van der Waals surface area (Å²) in [6.45, 7) is 1.08. The van der Waals surface area contributed by atoms with E-state index < -0.39 is 0 Å². The maximum atomic E-state index is 5.83. The predicted octanol–water partition coefficient (Wildman–Crippen LogP) is 0.740. The van der Waals surface area contributed by atoms with E-state index in [9.17, 15) is 0 Å². The zero-order valence-corrected chi connectivity index (χ0v) is 9.41. The van der Waals surface area contributed by atoms with Crippen LogP contribution in [0.25, 0.3) is 0 Å². The van der Waals surface area contributed by atoms with E-state index >= 15 is 0 Å². The lowest BCUT2D eigenvalue weighted by atomic mass is 10.1. The number of nitrogens with two attached hydrogens (primary N) is 1. The first-order chi connectivity index (χ1) is 8.35. The highest BCUT2D eigenvalue weighted by Gasteiger charge is 2.22. The van der Waals surface area contributed by atoms with Gasteiger partial charge in [-0.1, -0.05) is 18.2 Å². The number of rotatable bonds is 3. The van der Waals surface area contributed by atoms with Crippen LogP contribution in [0.15, 0.2) is 30.6 Å². The molecule has 0 saturated carbocycles. The van der Waals surface area contributed by atoms with E-state index in [1.165, 1.54) is 5.56 Å². The van der Waals surface area contributed by atoms with Gasteiger partial charge >= 0.3 is 0 Å². The van der Waals surface area contributed by atoms with Crippen LogP contribution in [0, 0.1) is 0 Å². The van der Waals surface area contributed by atoms with Crippen LogP contribution in [0.5, 0.6) is 5.75 Å². The monoisotopic (exact) mass is 230 g/mol. The van der Waals surface area contributed by atoms with Crippen molar-refractivity contribution in [1.82, 2.24) is 14.8 Å². The van der Waals surface area contributed by atoms with Gasteiger partial charge in [0.2, 0.25) is 0 Å². The fraction of sp³-hybridized carbons (Fsp3) is 0.333. The van der Waals surface area contributed by atoms with Crippen molar-refractivity contribution in [3.05, 3.63) is 42.0 Å². The van der Waals surface area contributed by atoms with E-state index in [0.717, 1.165) is 12.2 Å². The molecule has 3 rings (SSSR count). The number of hydrogen-bond acceptors (Lipinski definition) is 4. The van der Waals surface area contributed by atoms with Gasteiger partial charge in [-0.3, -0.25) is 0 Å². The summed E-state index contributed by atoms with van der Waals surface area (Å²) in [4.78, 5) is 4.10. The second-order valence-electron chi connectivity index (χ2n) is 4.14. The molecule has 0 spiro atoms. The molecule has 1 aliphatic heterocycles. The summed E-state index contributed by atoms with van der Waals surface area (Å²) in [6.07, 6.45) is 2.77. The average Bonchev–Trinajstić information content (AvgIpc) is 2.94. The molecule has 5 heteroatoms. The molecule has 1 atom stereocenters. The van der Waals surface area contributed by atoms with E-state index in [1.54, 1.807) is 11.0 Å². The molecule has 17 heavy (non-hydrogen) atoms. The van der Waals surface area contributed by atoms with Crippen LogP contribution in [0.1, 0.15) is 11.4 Å². The summed E-state index contributed by atoms with van der Waals surface area (Å²) in [7, 11) is 0. The fourth-order valence-corrected chi connectivity index (χ4v) is 2.08. The highest BCUT2D eigenvalue weighted by atomic mass is 16.5. The Morgan fingerprint density at radius 1 is 1.41 bits per heavy atom. The molecular weight excluding hydrogens is 216 g/mol. The quantitative estimate of drug-likeness (QED) is 0.844. The van der Waals surface area contributed by atoms with Crippen molar-refractivity contribution in [2.45, 2.75) is 25.6 Å². The first-order valence-corrected chi connectivity index (χ1v) is 5.68. The summed E-state index contributed by atoms with van der Waals surface area (Å²) in [5.41, 5.74) is 6.73. The Kier molecular flexibility index (Phi) is 2.53. The Morgan fingerprint density at radius 2 is 2.29 bits per heavy atom. The predicted molar refractivity (Wildman–Crippen MR) is 62.5 cm³/mol. The number of fused-ring (bicyclic) bond motifs is 1. The summed E-state index contributed by atoms with van der Waals surface area (Å²) in [6, 6.07) is 8.12. The molecular formula is C12H14N4O. The van der Waals surface area contributed by atoms with Crippen LogP contribution in [0.3, 0.4) is 0 Å². The minimum absolute atomic E-state index is 0.139. The lowest BCUT2D eigenvalue weighted by Gasteiger charge is -2.09. The van der Waals surface area contributed by atoms with E-state index in [4.69, 9.17) is 10.5 Å². The lowest BCUT2D eigenvalue weighted by molar-refractivity contribution is 0.203. The minimum Gasteiger partial charge on any atom is -0.488 e. The SMILES string of the molecule is NCc1ncn(CC2Cc3ccccc3O2)n1. The molecule has 1 aromatic carbocycles. The highest BCUT2D eigenvalue weighted by Crippen LogP contribution is 2.28. The summed E-state index contributed by atoms with van der Waals surface area (Å²) < 4.78 is 7.62. The summed E-state index contributed by atoms with van der Waals surface area (Å²) in [5.74, 6) is 1.65. The van der Waals surface area contributed by atoms with Crippen molar-refractivity contribution >= 4 is 0 Å². The van der Waals surface area contributed by atoms with Gasteiger partial charge in [0.05, 0.1) is 13.1 Å². The van der Waals surface area contributed by atoms with E-state index in [0.29, 0.717) is 18.9 Å². The normalized spacial score (nSPS) is 17.8. The average molecular weight is 230 g/mol. The van der Waals surface area contributed by atoms with E-state index in [1.807, 2.05) is 18.2 Å². The zero-order valence-electron chi connectivity index (χ0n) is 9.41. The third-order valence-corrected chi connectivity index (χ3v) is 2.87. The Balaban J connectivity index is 1.69. The Labute approximate surface area is 99.2 Å². The number of hydrogen-bond donors (Lipinski definition) is 1. The van der Waals surface area contributed by atoms with E-state index in [-0.39, 0.29) is 6.10 Å². The van der Waals surface area contributed by atoms with Gasteiger partial charge < -0.3 is 10.5 Å². The molecule has 2 aromatic rings. The standard InChI is InChI=1S/C12H14N4O/c13-6-12-14-8-16(15-12)7-10-5-9-3-1-2-4-11(9)17-10/h1-4,8,10H,5-7,13H2. The van der Waals surface area contributed by atoms with Crippen LogP contribution in [-0.2, 0) is 19.5 Å². The molecule has 0 saturated heterocycles. The van der Waals surface area contributed by atoms with Crippen molar-refractivity contribution in [2.24, 2.45) is 5.73 Å². The van der Waals surface area contributed by atoms with Crippen molar-refractivity contribution < 1.29 is 4.74 Å². The van der Waals surface area contributed by atoms with Crippen molar-refractivity contribution in [1.29, 1.82) is 0 Å². The molecule has 1 unspecified atom stereocenters. The molecule has 88 valence electrons. The van der Waals surface area contributed by atoms with Gasteiger partial charge in [-0.2, -0.15) is 5.10 Å². The summed E-state index contributed by atoms with van der Waals surface area (Å²) in [5, 5.41) is 4.26. The number of nitrogens with zero attached hydrogens (tertiary/aromatic N) is 3. The topological polar surface area (TPSA) is 66.0 Å². The zero-order chi connectivity index (χ0) is 11.7. The maximum absolute atomic E-state index is 5.83. The second kappa shape index (κ2) is 4.18. The molecule has 0 fully saturated rings. The van der Waals surface area contributed by atoms with Gasteiger partial charge in [0, 0.05) is 6.42 Å². The highest BCUT2D eigenvalue weighted by molar-refractivity contribution is 5.37. The Bertz CT molecular complexity index is 498. The Hall–Kier alpha value is -1.88. The molecule has 0 radical (unpaired) electrons. The van der Waals surface area contributed by atoms with Gasteiger partial charge in [-0.15, -0.1) is 0 Å². The van der Waals surface area contributed by atoms with Crippen LogP contribution >= 0.6 is 0 Å². The van der Waals surface area contributed by atoms with Crippen LogP contribution < -0.4 is 10.5 Å². The van der Waals surface area contributed by atoms with Crippen LogP contribution in [0.4, 0.5) is 0 Å². The fourth-order valence-electron chi connectivity index (χ4n) is 2.08. The lowest BCUT2D eigenvalue weighted by Crippen LogP contribution is -2.21. The van der Waals surface area contributed by atoms with Crippen LogP contribution in [-0.4, -0.2) is 20.9 Å². The summed E-state index contributed by atoms with van der Waals surface area (Å²) >= 11 is 0. The van der Waals surface area contributed by atoms with Gasteiger partial charge in [-0.25, -0.2) is 9.67 Å². The van der Waals surface area contributed by atoms with Crippen molar-refractivity contribution in [3.8, 4) is 5.75 Å². The maximum Gasteiger partial charge on any atom is 0.164 e. The number of aromatic nitrogens is 3. The second-order valence-corrected chi connectivity index (χ2v) is 4.14. The largest absolute Gasteiger partial charge is 0.488 e. The minimum atomic E-state index is 0.139. The third kappa shape index (κ3) is 2.01. The first-order valence-electron chi connectivity index (χ1n) is 5.68. The molecule has 2 heterocycles. The van der Waals surface area contributed by atoms with Crippen molar-refractivity contribution in [2.75, 3.05) is 0 Å². The molecule has 0 amide bonds. The molecule has 1 aromatic heterocycles. The van der Waals surface area contributed by atoms with Gasteiger partial charge in [0.25, 0.3) is 0 Å². The van der Waals surface area contributed by atoms with Gasteiger partial charge in [0.1, 0.15) is 18.2 Å². The van der Waals surface area contributed by atoms with Gasteiger partial charge in [0.15, 0.2) is 5.82 Å². The third-order valence-electron chi connectivity index (χ3n) is 2.87. The number of para-hydroxylation sites is 1. The molecule has 0 aliphatic carbocycles. The Morgan fingerprint density at radius 3 is 3.06 bits per heavy atom. The molecule has 1 aliphatic rings.